The number of aryl methyl sites for hydroxylation is 1. The van der Waals surface area contributed by atoms with E-state index in [0.717, 1.165) is 22.6 Å². The first-order chi connectivity index (χ1) is 15.3. The van der Waals surface area contributed by atoms with Crippen LogP contribution in [0.2, 0.25) is 0 Å². The monoisotopic (exact) mass is 430 g/mol. The van der Waals surface area contributed by atoms with E-state index in [4.69, 9.17) is 4.74 Å². The minimum atomic E-state index is -0.594. The van der Waals surface area contributed by atoms with Gasteiger partial charge in [-0.2, -0.15) is 0 Å². The van der Waals surface area contributed by atoms with Crippen LogP contribution in [-0.4, -0.2) is 23.6 Å². The highest BCUT2D eigenvalue weighted by Crippen LogP contribution is 2.36. The number of hydrogen-bond acceptors (Lipinski definition) is 3. The number of esters is 1. The lowest BCUT2D eigenvalue weighted by Gasteiger charge is -2.17. The summed E-state index contributed by atoms with van der Waals surface area (Å²) in [6, 6.07) is 17.5. The molecular formula is C26H23FN2O3. The number of aromatic nitrogens is 1. The first kappa shape index (κ1) is 21.3. The van der Waals surface area contributed by atoms with Gasteiger partial charge >= 0.3 is 5.97 Å². The largest absolute Gasteiger partial charge is 0.465 e. The van der Waals surface area contributed by atoms with E-state index < -0.39 is 11.8 Å². The van der Waals surface area contributed by atoms with Gasteiger partial charge in [-0.05, 0) is 74.9 Å². The number of anilines is 1. The predicted molar refractivity (Wildman–Crippen MR) is 122 cm³/mol. The van der Waals surface area contributed by atoms with Crippen LogP contribution < -0.4 is 4.90 Å². The van der Waals surface area contributed by atoms with E-state index in [9.17, 15) is 14.0 Å². The van der Waals surface area contributed by atoms with Crippen LogP contribution in [0.25, 0.3) is 11.8 Å². The van der Waals surface area contributed by atoms with Crippen molar-refractivity contribution in [2.24, 2.45) is 0 Å². The number of carbonyl (C=O) groups is 2. The summed E-state index contributed by atoms with van der Waals surface area (Å²) in [7, 11) is 1.28. The predicted octanol–water partition coefficient (Wildman–Crippen LogP) is 5.11. The van der Waals surface area contributed by atoms with Crippen LogP contribution in [0.3, 0.4) is 0 Å². The van der Waals surface area contributed by atoms with Crippen LogP contribution >= 0.6 is 0 Å². The van der Waals surface area contributed by atoms with Gasteiger partial charge in [0.05, 0.1) is 18.3 Å². The summed E-state index contributed by atoms with van der Waals surface area (Å²) in [5.41, 5.74) is 5.14. The van der Waals surface area contributed by atoms with Gasteiger partial charge in [-0.3, -0.25) is 9.69 Å². The molecule has 4 rings (SSSR count). The van der Waals surface area contributed by atoms with E-state index >= 15 is 0 Å². The second kappa shape index (κ2) is 8.30. The first-order valence-corrected chi connectivity index (χ1v) is 10.2. The maximum absolute atomic E-state index is 13.4. The molecule has 1 aliphatic rings. The van der Waals surface area contributed by atoms with Crippen LogP contribution in [-0.2, 0) is 14.3 Å². The maximum Gasteiger partial charge on any atom is 0.340 e. The number of amides is 1. The highest BCUT2D eigenvalue weighted by Gasteiger charge is 2.38. The fraction of sp³-hybridized carbons (Fsp3) is 0.154. The maximum atomic E-state index is 13.4. The standard InChI is InChI=1S/C26H23FN2O3/c1-16-14-19(17(2)28(16)21-8-6-5-7-9-21)15-23-24(26(31)32-4)18(3)29(25(23)30)22-12-10-20(27)11-13-22/h5-15H,1-4H3/b23-15+. The van der Waals surface area contributed by atoms with Crippen LogP contribution in [0.1, 0.15) is 23.9 Å². The van der Waals surface area contributed by atoms with Crippen molar-refractivity contribution in [1.29, 1.82) is 0 Å². The number of rotatable bonds is 4. The minimum absolute atomic E-state index is 0.200. The fourth-order valence-electron chi connectivity index (χ4n) is 4.14. The number of benzene rings is 2. The number of nitrogens with zero attached hydrogens (tertiary/aromatic N) is 2. The van der Waals surface area contributed by atoms with Crippen LogP contribution in [0.4, 0.5) is 10.1 Å². The van der Waals surface area contributed by atoms with Gasteiger partial charge in [0, 0.05) is 28.5 Å². The van der Waals surface area contributed by atoms with Crippen LogP contribution in [0.5, 0.6) is 0 Å². The lowest BCUT2D eigenvalue weighted by molar-refractivity contribution is -0.136. The zero-order valence-corrected chi connectivity index (χ0v) is 18.3. The van der Waals surface area contributed by atoms with E-state index in [1.165, 1.54) is 36.3 Å². The fourth-order valence-corrected chi connectivity index (χ4v) is 4.14. The number of ether oxygens (including phenoxy) is 1. The van der Waals surface area contributed by atoms with Crippen molar-refractivity contribution in [1.82, 2.24) is 4.57 Å². The molecule has 32 heavy (non-hydrogen) atoms. The van der Waals surface area contributed by atoms with E-state index in [1.54, 1.807) is 13.0 Å². The van der Waals surface area contributed by atoms with Crippen molar-refractivity contribution in [2.75, 3.05) is 12.0 Å². The van der Waals surface area contributed by atoms with E-state index in [-0.39, 0.29) is 17.1 Å². The molecule has 1 aliphatic heterocycles. The third-order valence-electron chi connectivity index (χ3n) is 5.66. The molecule has 3 aromatic rings. The van der Waals surface area contributed by atoms with Crippen molar-refractivity contribution in [3.8, 4) is 5.69 Å². The second-order valence-corrected chi connectivity index (χ2v) is 7.62. The lowest BCUT2D eigenvalue weighted by Crippen LogP contribution is -2.24. The van der Waals surface area contributed by atoms with Crippen LogP contribution in [0.15, 0.2) is 77.5 Å². The van der Waals surface area contributed by atoms with Gasteiger partial charge in [0.15, 0.2) is 0 Å². The summed E-state index contributed by atoms with van der Waals surface area (Å²) in [5, 5.41) is 0. The summed E-state index contributed by atoms with van der Waals surface area (Å²) in [4.78, 5) is 27.4. The van der Waals surface area contributed by atoms with Gasteiger partial charge in [0.1, 0.15) is 5.82 Å². The van der Waals surface area contributed by atoms with Crippen molar-refractivity contribution in [3.05, 3.63) is 100 Å². The smallest absolute Gasteiger partial charge is 0.340 e. The van der Waals surface area contributed by atoms with Gasteiger partial charge < -0.3 is 9.30 Å². The van der Waals surface area contributed by atoms with Gasteiger partial charge in [-0.1, -0.05) is 18.2 Å². The van der Waals surface area contributed by atoms with Crippen molar-refractivity contribution in [2.45, 2.75) is 20.8 Å². The summed E-state index contributed by atoms with van der Waals surface area (Å²) in [6.45, 7) is 5.64. The summed E-state index contributed by atoms with van der Waals surface area (Å²) in [5.74, 6) is -1.36. The Balaban J connectivity index is 1.85. The van der Waals surface area contributed by atoms with E-state index in [2.05, 4.69) is 4.57 Å². The Bertz CT molecular complexity index is 1270. The zero-order valence-electron chi connectivity index (χ0n) is 18.3. The molecule has 5 nitrogen and oxygen atoms in total. The summed E-state index contributed by atoms with van der Waals surface area (Å²) < 4.78 is 20.5. The summed E-state index contributed by atoms with van der Waals surface area (Å²) in [6.07, 6.45) is 1.73. The number of halogens is 1. The topological polar surface area (TPSA) is 51.5 Å². The molecule has 0 spiro atoms. The highest BCUT2D eigenvalue weighted by atomic mass is 19.1. The Morgan fingerprint density at radius 1 is 0.969 bits per heavy atom. The number of para-hydroxylation sites is 1. The molecule has 2 heterocycles. The van der Waals surface area contributed by atoms with Crippen LogP contribution in [0, 0.1) is 19.7 Å². The van der Waals surface area contributed by atoms with Gasteiger partial charge in [0.25, 0.3) is 5.91 Å². The number of methoxy groups -OCH3 is 1. The van der Waals surface area contributed by atoms with Crippen molar-refractivity contribution in [3.63, 3.8) is 0 Å². The lowest BCUT2D eigenvalue weighted by atomic mass is 10.0. The first-order valence-electron chi connectivity index (χ1n) is 10.2. The Kier molecular flexibility index (Phi) is 5.53. The third-order valence-corrected chi connectivity index (χ3v) is 5.66. The molecule has 2 aromatic carbocycles. The van der Waals surface area contributed by atoms with Crippen molar-refractivity contribution < 1.29 is 18.7 Å². The molecule has 0 atom stereocenters. The number of carbonyl (C=O) groups excluding carboxylic acids is 2. The SMILES string of the molecule is COC(=O)C1=C(C)N(c2ccc(F)cc2)C(=O)/C1=C/c1cc(C)n(-c2ccccc2)c1C. The molecule has 6 heteroatoms. The molecule has 0 unspecified atom stereocenters. The molecule has 0 aliphatic carbocycles. The van der Waals surface area contributed by atoms with Crippen molar-refractivity contribution >= 4 is 23.6 Å². The number of allylic oxidation sites excluding steroid dienone is 1. The molecule has 0 bridgehead atoms. The van der Waals surface area contributed by atoms with Gasteiger partial charge in [-0.15, -0.1) is 0 Å². The second-order valence-electron chi connectivity index (χ2n) is 7.62. The third kappa shape index (κ3) is 3.54. The molecule has 1 amide bonds. The highest BCUT2D eigenvalue weighted by molar-refractivity contribution is 6.23. The molecule has 0 N–H and O–H groups in total. The quantitative estimate of drug-likeness (QED) is 0.427. The summed E-state index contributed by atoms with van der Waals surface area (Å²) >= 11 is 0. The molecule has 1 aromatic heterocycles. The average Bonchev–Trinajstić information content (AvgIpc) is 3.20. The average molecular weight is 430 g/mol. The Morgan fingerprint density at radius 2 is 1.62 bits per heavy atom. The van der Waals surface area contributed by atoms with Gasteiger partial charge in [-0.25, -0.2) is 9.18 Å². The molecular weight excluding hydrogens is 407 g/mol. The molecule has 162 valence electrons. The molecule has 0 fully saturated rings. The molecule has 0 saturated heterocycles. The molecule has 0 saturated carbocycles. The Labute approximate surface area is 186 Å². The molecule has 0 radical (unpaired) electrons. The van der Waals surface area contributed by atoms with E-state index in [0.29, 0.717) is 11.4 Å². The van der Waals surface area contributed by atoms with Gasteiger partial charge in [0.2, 0.25) is 0 Å². The Morgan fingerprint density at radius 3 is 2.25 bits per heavy atom. The zero-order chi connectivity index (χ0) is 23.0. The number of hydrogen-bond donors (Lipinski definition) is 0. The minimum Gasteiger partial charge on any atom is -0.465 e. The Hall–Kier alpha value is -3.93. The normalized spacial score (nSPS) is 15.1. The van der Waals surface area contributed by atoms with E-state index in [1.807, 2.05) is 50.2 Å².